The van der Waals surface area contributed by atoms with Gasteiger partial charge in [-0.25, -0.2) is 13.5 Å². The molecule has 0 aliphatic carbocycles. The number of carbonyl (C=O) groups is 1. The standard InChI is InChI=1S/C18H21F2N3O2/c1-3-7-18(8-9-25-11-18)21-17(24)15-12(2)10-23(22-15)16-13(19)5-4-6-14(16)20/h4-6,10H,3,7-9,11H2,1-2H3,(H,21,24). The topological polar surface area (TPSA) is 56.2 Å². The lowest BCUT2D eigenvalue weighted by atomic mass is 9.92. The molecule has 2 heterocycles. The highest BCUT2D eigenvalue weighted by atomic mass is 19.1. The van der Waals surface area contributed by atoms with Gasteiger partial charge in [-0.1, -0.05) is 19.4 Å². The molecule has 7 heteroatoms. The predicted octanol–water partition coefficient (Wildman–Crippen LogP) is 3.15. The number of carbonyl (C=O) groups excluding carboxylic acids is 1. The van der Waals surface area contributed by atoms with E-state index in [0.717, 1.165) is 36.1 Å². The zero-order valence-corrected chi connectivity index (χ0v) is 14.3. The minimum Gasteiger partial charge on any atom is -0.379 e. The zero-order valence-electron chi connectivity index (χ0n) is 14.3. The van der Waals surface area contributed by atoms with E-state index >= 15 is 0 Å². The highest BCUT2D eigenvalue weighted by Crippen LogP contribution is 2.25. The number of aromatic nitrogens is 2. The minimum atomic E-state index is -0.735. The van der Waals surface area contributed by atoms with Crippen LogP contribution in [0.3, 0.4) is 0 Å². The lowest BCUT2D eigenvalue weighted by molar-refractivity contribution is 0.0863. The number of halogens is 2. The number of benzene rings is 1. The monoisotopic (exact) mass is 349 g/mol. The fraction of sp³-hybridized carbons (Fsp3) is 0.444. The van der Waals surface area contributed by atoms with Crippen molar-refractivity contribution in [2.45, 2.75) is 38.6 Å². The number of ether oxygens (including phenoxy) is 1. The van der Waals surface area contributed by atoms with Gasteiger partial charge in [0.05, 0.1) is 12.1 Å². The highest BCUT2D eigenvalue weighted by molar-refractivity contribution is 5.94. The smallest absolute Gasteiger partial charge is 0.272 e. The van der Waals surface area contributed by atoms with Gasteiger partial charge in [0.1, 0.15) is 5.69 Å². The Morgan fingerprint density at radius 2 is 2.12 bits per heavy atom. The number of nitrogens with zero attached hydrogens (tertiary/aromatic N) is 2. The maximum Gasteiger partial charge on any atom is 0.272 e. The summed E-state index contributed by atoms with van der Waals surface area (Å²) in [7, 11) is 0. The fourth-order valence-corrected chi connectivity index (χ4v) is 3.25. The summed E-state index contributed by atoms with van der Waals surface area (Å²) in [5.74, 6) is -1.82. The van der Waals surface area contributed by atoms with Crippen LogP contribution in [0.5, 0.6) is 0 Å². The van der Waals surface area contributed by atoms with Gasteiger partial charge in [0, 0.05) is 18.4 Å². The number of hydrogen-bond donors (Lipinski definition) is 1. The van der Waals surface area contributed by atoms with Crippen molar-refractivity contribution in [1.82, 2.24) is 15.1 Å². The van der Waals surface area contributed by atoms with Crippen molar-refractivity contribution in [2.24, 2.45) is 0 Å². The second-order valence-corrected chi connectivity index (χ2v) is 6.46. The van der Waals surface area contributed by atoms with Gasteiger partial charge in [0.25, 0.3) is 5.91 Å². The van der Waals surface area contributed by atoms with Gasteiger partial charge in [-0.3, -0.25) is 4.79 Å². The SMILES string of the molecule is CCCC1(NC(=O)c2nn(-c3c(F)cccc3F)cc2C)CCOC1. The molecule has 3 rings (SSSR count). The van der Waals surface area contributed by atoms with E-state index in [1.54, 1.807) is 6.92 Å². The van der Waals surface area contributed by atoms with Gasteiger partial charge in [0.2, 0.25) is 0 Å². The van der Waals surface area contributed by atoms with Crippen LogP contribution in [0.1, 0.15) is 42.2 Å². The van der Waals surface area contributed by atoms with Crippen LogP contribution in [0.4, 0.5) is 8.78 Å². The summed E-state index contributed by atoms with van der Waals surface area (Å²) in [4.78, 5) is 12.7. The third-order valence-electron chi connectivity index (χ3n) is 4.49. The molecule has 1 saturated heterocycles. The van der Waals surface area contributed by atoms with Gasteiger partial charge < -0.3 is 10.1 Å². The van der Waals surface area contributed by atoms with Crippen molar-refractivity contribution in [3.05, 3.63) is 47.3 Å². The number of hydrogen-bond acceptors (Lipinski definition) is 3. The molecule has 1 aliphatic rings. The molecule has 1 atom stereocenters. The molecule has 1 fully saturated rings. The summed E-state index contributed by atoms with van der Waals surface area (Å²) in [5.41, 5.74) is 0.0125. The van der Waals surface area contributed by atoms with E-state index in [1.807, 2.05) is 6.92 Å². The van der Waals surface area contributed by atoms with Crippen molar-refractivity contribution in [2.75, 3.05) is 13.2 Å². The number of nitrogens with one attached hydrogen (secondary N) is 1. The first-order valence-electron chi connectivity index (χ1n) is 8.37. The fourth-order valence-electron chi connectivity index (χ4n) is 3.25. The summed E-state index contributed by atoms with van der Waals surface area (Å²) in [6.07, 6.45) is 3.92. The Hall–Kier alpha value is -2.28. The Morgan fingerprint density at radius 1 is 1.40 bits per heavy atom. The third kappa shape index (κ3) is 3.42. The molecule has 0 spiro atoms. The predicted molar refractivity (Wildman–Crippen MR) is 88.8 cm³/mol. The molecule has 1 aromatic heterocycles. The molecule has 0 radical (unpaired) electrons. The van der Waals surface area contributed by atoms with Crippen molar-refractivity contribution in [3.63, 3.8) is 0 Å². The quantitative estimate of drug-likeness (QED) is 0.902. The first-order valence-corrected chi connectivity index (χ1v) is 8.37. The van der Waals surface area contributed by atoms with E-state index in [4.69, 9.17) is 4.74 Å². The van der Waals surface area contributed by atoms with Gasteiger partial charge >= 0.3 is 0 Å². The Morgan fingerprint density at radius 3 is 2.72 bits per heavy atom. The molecule has 0 saturated carbocycles. The summed E-state index contributed by atoms with van der Waals surface area (Å²) in [6, 6.07) is 3.59. The number of rotatable bonds is 5. The van der Waals surface area contributed by atoms with Crippen molar-refractivity contribution in [1.29, 1.82) is 0 Å². The molecular formula is C18H21F2N3O2. The highest BCUT2D eigenvalue weighted by Gasteiger charge is 2.36. The maximum atomic E-state index is 13.9. The van der Waals surface area contributed by atoms with Crippen LogP contribution in [0.25, 0.3) is 5.69 Å². The second kappa shape index (κ2) is 6.92. The Kier molecular flexibility index (Phi) is 4.85. The molecule has 1 aliphatic heterocycles. The zero-order chi connectivity index (χ0) is 18.0. The lowest BCUT2D eigenvalue weighted by Gasteiger charge is -2.28. The molecule has 25 heavy (non-hydrogen) atoms. The second-order valence-electron chi connectivity index (χ2n) is 6.46. The first kappa shape index (κ1) is 17.5. The largest absolute Gasteiger partial charge is 0.379 e. The molecule has 1 aromatic carbocycles. The average Bonchev–Trinajstić information content (AvgIpc) is 3.15. The van der Waals surface area contributed by atoms with E-state index in [-0.39, 0.29) is 17.3 Å². The molecule has 1 amide bonds. The van der Waals surface area contributed by atoms with E-state index < -0.39 is 17.2 Å². The summed E-state index contributed by atoms with van der Waals surface area (Å²) in [6.45, 7) is 4.81. The minimum absolute atomic E-state index is 0.157. The summed E-state index contributed by atoms with van der Waals surface area (Å²) < 4.78 is 34.4. The van der Waals surface area contributed by atoms with Crippen LogP contribution < -0.4 is 5.32 Å². The molecular weight excluding hydrogens is 328 g/mol. The Labute approximate surface area is 145 Å². The molecule has 134 valence electrons. The van der Waals surface area contributed by atoms with Gasteiger partial charge in [-0.05, 0) is 31.9 Å². The van der Waals surface area contributed by atoms with E-state index in [0.29, 0.717) is 18.8 Å². The van der Waals surface area contributed by atoms with Crippen LogP contribution in [0.15, 0.2) is 24.4 Å². The van der Waals surface area contributed by atoms with Crippen LogP contribution >= 0.6 is 0 Å². The first-order chi connectivity index (χ1) is 12.0. The van der Waals surface area contributed by atoms with Crippen LogP contribution in [-0.2, 0) is 4.74 Å². The van der Waals surface area contributed by atoms with Gasteiger partial charge in [0.15, 0.2) is 17.3 Å². The number of para-hydroxylation sites is 1. The van der Waals surface area contributed by atoms with Crippen molar-refractivity contribution < 1.29 is 18.3 Å². The number of aryl methyl sites for hydroxylation is 1. The molecule has 5 nitrogen and oxygen atoms in total. The van der Waals surface area contributed by atoms with Crippen LogP contribution in [0, 0.1) is 18.6 Å². The van der Waals surface area contributed by atoms with Gasteiger partial charge in [-0.15, -0.1) is 0 Å². The molecule has 1 N–H and O–H groups in total. The van der Waals surface area contributed by atoms with E-state index in [9.17, 15) is 13.6 Å². The Balaban J connectivity index is 1.89. The van der Waals surface area contributed by atoms with Crippen molar-refractivity contribution >= 4 is 5.91 Å². The third-order valence-corrected chi connectivity index (χ3v) is 4.49. The van der Waals surface area contributed by atoms with Crippen LogP contribution in [0.2, 0.25) is 0 Å². The Bertz CT molecular complexity index is 762. The van der Waals surface area contributed by atoms with E-state index in [1.165, 1.54) is 12.3 Å². The summed E-state index contributed by atoms with van der Waals surface area (Å²) >= 11 is 0. The normalized spacial score (nSPS) is 20.0. The van der Waals surface area contributed by atoms with E-state index in [2.05, 4.69) is 10.4 Å². The lowest BCUT2D eigenvalue weighted by Crippen LogP contribution is -2.49. The average molecular weight is 349 g/mol. The molecule has 2 aromatic rings. The van der Waals surface area contributed by atoms with Gasteiger partial charge in [-0.2, -0.15) is 5.10 Å². The van der Waals surface area contributed by atoms with Crippen LogP contribution in [-0.4, -0.2) is 34.4 Å². The molecule has 1 unspecified atom stereocenters. The molecule has 0 bridgehead atoms. The number of amides is 1. The van der Waals surface area contributed by atoms with Crippen molar-refractivity contribution in [3.8, 4) is 5.69 Å². The summed E-state index contributed by atoms with van der Waals surface area (Å²) in [5, 5.41) is 7.14. The maximum absolute atomic E-state index is 13.9.